The number of aliphatic hydroxyl groups excluding tert-OH is 1. The molecule has 0 unspecified atom stereocenters. The largest absolute Gasteiger partial charge is 0.508 e. The molecule has 1 aromatic carbocycles. The van der Waals surface area contributed by atoms with Gasteiger partial charge in [-0.05, 0) is 42.9 Å². The van der Waals surface area contributed by atoms with E-state index in [2.05, 4.69) is 16.0 Å². The first kappa shape index (κ1) is 42.7. The van der Waals surface area contributed by atoms with Crippen LogP contribution in [-0.2, 0) is 49.6 Å². The molecule has 0 spiro atoms. The fraction of sp³-hybridized carbons (Fsp3) is 0.545. The maximum absolute atomic E-state index is 14.2. The van der Waals surface area contributed by atoms with Crippen LogP contribution < -0.4 is 33.2 Å². The van der Waals surface area contributed by atoms with Gasteiger partial charge in [0.2, 0.25) is 47.6 Å². The molecule has 0 aromatic heterocycles. The molecular weight excluding hydrogens is 684 g/mol. The van der Waals surface area contributed by atoms with E-state index in [4.69, 9.17) is 17.2 Å². The summed E-state index contributed by atoms with van der Waals surface area (Å²) in [7, 11) is 0. The summed E-state index contributed by atoms with van der Waals surface area (Å²) >= 11 is 0. The molecule has 1 aliphatic heterocycles. The second-order valence-corrected chi connectivity index (χ2v) is 12.7. The standard InChI is InChI=1S/C33H47N8O11/c1-17(2)26(16-43)41(18(3)44)33(52)25-5-4-12-40(25)32(51)24(13-19-6-8-20(45)9-7-19)39-31(50)23(14-28(36)47)38-30(49)22(10-11-27(35)46)37-29(48)21(34)15-42/h6-9,17,21-26,42,45H,4-5,10-15,34H2,1-3H3,(H2,35,46)(H2,36,47)(H,37,48)(H,38,49)(H,39,50)/t21-,22-,23-,24-,25-,26+/m0/s1. The third kappa shape index (κ3) is 12.1. The summed E-state index contributed by atoms with van der Waals surface area (Å²) in [6.07, 6.45) is 0.475. The number of benzene rings is 1. The molecule has 0 aliphatic carbocycles. The highest BCUT2D eigenvalue weighted by molar-refractivity contribution is 6.02. The Morgan fingerprint density at radius 3 is 2.02 bits per heavy atom. The van der Waals surface area contributed by atoms with Crippen molar-refractivity contribution in [1.82, 2.24) is 25.8 Å². The Hall–Kier alpha value is -5.43. The highest BCUT2D eigenvalue weighted by atomic mass is 16.3. The van der Waals surface area contributed by atoms with Gasteiger partial charge in [0.15, 0.2) is 0 Å². The predicted octanol–water partition coefficient (Wildman–Crippen LogP) is -3.65. The summed E-state index contributed by atoms with van der Waals surface area (Å²) in [5.41, 5.74) is 16.5. The summed E-state index contributed by atoms with van der Waals surface area (Å²) in [5.74, 6) is -7.82. The summed E-state index contributed by atoms with van der Waals surface area (Å²) in [6, 6.07) is -2.88. The van der Waals surface area contributed by atoms with Crippen LogP contribution in [0.3, 0.4) is 0 Å². The molecule has 6 atom stereocenters. The number of nitrogens with one attached hydrogen (secondary N) is 3. The Balaban J connectivity index is 2.46. The van der Waals surface area contributed by atoms with Crippen molar-refractivity contribution in [2.75, 3.05) is 13.2 Å². The first-order chi connectivity index (χ1) is 24.4. The van der Waals surface area contributed by atoms with Crippen molar-refractivity contribution in [1.29, 1.82) is 0 Å². The van der Waals surface area contributed by atoms with Gasteiger partial charge in [-0.3, -0.25) is 48.1 Å². The van der Waals surface area contributed by atoms with Gasteiger partial charge in [0, 0.05) is 26.3 Å². The Morgan fingerprint density at radius 2 is 1.50 bits per heavy atom. The third-order valence-electron chi connectivity index (χ3n) is 8.30. The number of aromatic hydroxyl groups is 1. The number of rotatable bonds is 19. The van der Waals surface area contributed by atoms with Gasteiger partial charge in [-0.25, -0.2) is 0 Å². The first-order valence-electron chi connectivity index (χ1n) is 16.6. The minimum absolute atomic E-state index is 0.0404. The monoisotopic (exact) mass is 731 g/mol. The SMILES string of the molecule is CC(=O)N(C(=O)[C@@H]1CCCN1C(=O)[C@H](Cc1ccc(O)cc1)NC(=O)[C@H](CC(N)=O)NC(=O)[C@H](CCC(N)=O)NC(=O)[C@@H](N)CO)[C@H]([C]=O)C(C)C. The summed E-state index contributed by atoms with van der Waals surface area (Å²) in [4.78, 5) is 117. The number of phenolic OH excluding ortho intramolecular Hbond substituents is 1. The van der Waals surface area contributed by atoms with E-state index in [0.717, 1.165) is 11.8 Å². The average Bonchev–Trinajstić information content (AvgIpc) is 3.57. The number of imide groups is 1. The number of hydrogen-bond acceptors (Lipinski definition) is 12. The van der Waals surface area contributed by atoms with Crippen molar-refractivity contribution in [3.8, 4) is 5.75 Å². The summed E-state index contributed by atoms with van der Waals surface area (Å²) < 4.78 is 0. The van der Waals surface area contributed by atoms with E-state index in [1.54, 1.807) is 20.1 Å². The molecule has 0 saturated carbocycles. The van der Waals surface area contributed by atoms with E-state index in [1.807, 2.05) is 0 Å². The van der Waals surface area contributed by atoms with Crippen LogP contribution in [0.4, 0.5) is 0 Å². The second-order valence-electron chi connectivity index (χ2n) is 12.7. The minimum atomic E-state index is -1.72. The molecule has 285 valence electrons. The minimum Gasteiger partial charge on any atom is -0.508 e. The fourth-order valence-electron chi connectivity index (χ4n) is 5.56. The molecule has 19 heteroatoms. The fourth-order valence-corrected chi connectivity index (χ4v) is 5.56. The van der Waals surface area contributed by atoms with Crippen molar-refractivity contribution in [2.45, 2.75) is 95.5 Å². The number of likely N-dealkylation sites (tertiary alicyclic amines) is 1. The zero-order valence-electron chi connectivity index (χ0n) is 29.2. The molecule has 1 aliphatic rings. The van der Waals surface area contributed by atoms with Crippen LogP contribution in [0.25, 0.3) is 0 Å². The van der Waals surface area contributed by atoms with Crippen molar-refractivity contribution in [3.63, 3.8) is 0 Å². The number of carbonyl (C=O) groups is 8. The van der Waals surface area contributed by atoms with E-state index in [1.165, 1.54) is 29.2 Å². The number of phenols is 1. The maximum atomic E-state index is 14.2. The van der Waals surface area contributed by atoms with Crippen LogP contribution in [0.5, 0.6) is 5.75 Å². The summed E-state index contributed by atoms with van der Waals surface area (Å²) in [6.45, 7) is 3.62. The Bertz CT molecular complexity index is 1500. The number of nitrogens with zero attached hydrogens (tertiary/aromatic N) is 2. The van der Waals surface area contributed by atoms with Crippen molar-refractivity contribution < 1.29 is 53.4 Å². The predicted molar refractivity (Wildman–Crippen MR) is 181 cm³/mol. The van der Waals surface area contributed by atoms with Crippen molar-refractivity contribution >= 4 is 53.5 Å². The van der Waals surface area contributed by atoms with Crippen LogP contribution in [-0.4, -0.2) is 123 Å². The van der Waals surface area contributed by atoms with Gasteiger partial charge < -0.3 is 48.3 Å². The number of amides is 8. The van der Waals surface area contributed by atoms with Crippen LogP contribution in [0, 0.1) is 5.92 Å². The van der Waals surface area contributed by atoms with Gasteiger partial charge in [0.05, 0.1) is 13.0 Å². The molecule has 0 bridgehead atoms. The highest BCUT2D eigenvalue weighted by Gasteiger charge is 2.43. The molecule has 2 rings (SSSR count). The second kappa shape index (κ2) is 19.8. The van der Waals surface area contributed by atoms with E-state index in [9.17, 15) is 53.4 Å². The van der Waals surface area contributed by atoms with Crippen LogP contribution in [0.1, 0.15) is 58.4 Å². The Labute approximate surface area is 300 Å². The van der Waals surface area contributed by atoms with Gasteiger partial charge in [0.1, 0.15) is 42.0 Å². The molecular formula is C33H47N8O11. The number of carbonyl (C=O) groups excluding carboxylic acids is 9. The third-order valence-corrected chi connectivity index (χ3v) is 8.30. The van der Waals surface area contributed by atoms with E-state index in [0.29, 0.717) is 12.0 Å². The Morgan fingerprint density at radius 1 is 0.923 bits per heavy atom. The first-order valence-corrected chi connectivity index (χ1v) is 16.6. The number of nitrogens with two attached hydrogens (primary N) is 3. The summed E-state index contributed by atoms with van der Waals surface area (Å²) in [5, 5.41) is 26.0. The lowest BCUT2D eigenvalue weighted by Crippen LogP contribution is -2.60. The van der Waals surface area contributed by atoms with Crippen LogP contribution >= 0.6 is 0 Å². The zero-order chi connectivity index (χ0) is 39.3. The van der Waals surface area contributed by atoms with Gasteiger partial charge in [0.25, 0.3) is 5.91 Å². The maximum Gasteiger partial charge on any atom is 0.252 e. The molecule has 11 N–H and O–H groups in total. The van der Waals surface area contributed by atoms with Gasteiger partial charge in [-0.1, -0.05) is 26.0 Å². The Kier molecular flexibility index (Phi) is 16.3. The molecule has 19 nitrogen and oxygen atoms in total. The highest BCUT2D eigenvalue weighted by Crippen LogP contribution is 2.24. The molecule has 1 aromatic rings. The van der Waals surface area contributed by atoms with Crippen LogP contribution in [0.2, 0.25) is 0 Å². The lowest BCUT2D eigenvalue weighted by atomic mass is 10.0. The van der Waals surface area contributed by atoms with Crippen LogP contribution in [0.15, 0.2) is 24.3 Å². The zero-order valence-corrected chi connectivity index (χ0v) is 29.2. The molecule has 1 radical (unpaired) electrons. The smallest absolute Gasteiger partial charge is 0.252 e. The van der Waals surface area contributed by atoms with Crippen molar-refractivity contribution in [3.05, 3.63) is 29.8 Å². The number of primary amides is 2. The molecule has 8 amide bonds. The van der Waals surface area contributed by atoms with E-state index >= 15 is 0 Å². The number of aliphatic hydroxyl groups is 1. The van der Waals surface area contributed by atoms with E-state index < -0.39 is 102 Å². The lowest BCUT2D eigenvalue weighted by molar-refractivity contribution is -0.153. The molecule has 52 heavy (non-hydrogen) atoms. The molecule has 1 fully saturated rings. The quantitative estimate of drug-likeness (QED) is 0.0683. The molecule has 1 heterocycles. The molecule has 1 saturated heterocycles. The van der Waals surface area contributed by atoms with E-state index in [-0.39, 0.29) is 38.0 Å². The topological polar surface area (TPSA) is 315 Å². The van der Waals surface area contributed by atoms with Gasteiger partial charge in [-0.2, -0.15) is 0 Å². The van der Waals surface area contributed by atoms with Crippen molar-refractivity contribution in [2.24, 2.45) is 23.1 Å². The normalized spacial score (nSPS) is 16.8. The average molecular weight is 732 g/mol. The van der Waals surface area contributed by atoms with Gasteiger partial charge in [-0.15, -0.1) is 0 Å². The van der Waals surface area contributed by atoms with Gasteiger partial charge >= 0.3 is 0 Å². The number of hydrogen-bond donors (Lipinski definition) is 8. The lowest BCUT2D eigenvalue weighted by Gasteiger charge is -2.34.